The van der Waals surface area contributed by atoms with Crippen LogP contribution in [0.3, 0.4) is 0 Å². The minimum absolute atomic E-state index is 0.00499. The Labute approximate surface area is 218 Å². The maximum Gasteiger partial charge on any atom is 0.309 e. The first-order chi connectivity index (χ1) is 17.1. The van der Waals surface area contributed by atoms with Crippen molar-refractivity contribution in [2.75, 3.05) is 31.1 Å². The number of thioether (sulfide) groups is 1. The molecule has 0 bridgehead atoms. The molecule has 2 fully saturated rings. The molecule has 12 heteroatoms. The van der Waals surface area contributed by atoms with Gasteiger partial charge in [0.2, 0.25) is 0 Å². The summed E-state index contributed by atoms with van der Waals surface area (Å²) in [7, 11) is 0. The van der Waals surface area contributed by atoms with E-state index in [0.717, 1.165) is 11.8 Å². The number of piperidine rings is 1. The highest BCUT2D eigenvalue weighted by Gasteiger charge is 2.34. The maximum absolute atomic E-state index is 13.1. The lowest BCUT2D eigenvalue weighted by molar-refractivity contribution is -0.148. The number of hydrogen-bond donors (Lipinski definition) is 1. The minimum atomic E-state index is -1.04. The number of amides is 1. The van der Waals surface area contributed by atoms with E-state index in [1.807, 2.05) is 17.9 Å². The first kappa shape index (κ1) is 27.4. The number of ether oxygens (including phenoxy) is 1. The average Bonchev–Trinajstić information content (AvgIpc) is 3.11. The molecule has 2 aliphatic rings. The molecule has 3 rings (SSSR count). The molecule has 0 aromatic carbocycles. The van der Waals surface area contributed by atoms with Gasteiger partial charge in [-0.15, -0.1) is 0 Å². The first-order valence-corrected chi connectivity index (χ1v) is 12.9. The van der Waals surface area contributed by atoms with E-state index in [0.29, 0.717) is 60.9 Å². The Morgan fingerprint density at radius 3 is 2.50 bits per heavy atom. The third-order valence-corrected chi connectivity index (χ3v) is 7.65. The van der Waals surface area contributed by atoms with Crippen molar-refractivity contribution in [1.29, 1.82) is 5.26 Å². The third kappa shape index (κ3) is 5.47. The Bertz CT molecular complexity index is 1220. The number of rotatable bonds is 8. The molecule has 0 radical (unpaired) electrons. The summed E-state index contributed by atoms with van der Waals surface area (Å²) < 4.78 is 6.94. The van der Waals surface area contributed by atoms with Gasteiger partial charge in [-0.1, -0.05) is 24.0 Å². The quantitative estimate of drug-likeness (QED) is 0.302. The Morgan fingerprint density at radius 1 is 1.28 bits per heavy atom. The van der Waals surface area contributed by atoms with E-state index in [2.05, 4.69) is 0 Å². The first-order valence-electron chi connectivity index (χ1n) is 11.7. The fraction of sp³-hybridized carbons (Fsp3) is 0.500. The molecule has 0 unspecified atom stereocenters. The van der Waals surface area contributed by atoms with Crippen LogP contribution in [0, 0.1) is 24.2 Å². The van der Waals surface area contributed by atoms with Crippen molar-refractivity contribution in [3.05, 3.63) is 31.9 Å². The molecule has 1 amide bonds. The molecule has 1 N–H and O–H groups in total. The minimum Gasteiger partial charge on any atom is -0.481 e. The number of thiocarbonyl (C=S) groups is 1. The van der Waals surface area contributed by atoms with Gasteiger partial charge in [0.1, 0.15) is 21.8 Å². The van der Waals surface area contributed by atoms with Crippen molar-refractivity contribution >= 4 is 58.0 Å². The Kier molecular flexibility index (Phi) is 8.92. The molecule has 3 heterocycles. The van der Waals surface area contributed by atoms with Gasteiger partial charge in [0, 0.05) is 31.7 Å². The van der Waals surface area contributed by atoms with Crippen LogP contribution in [0.5, 0.6) is 0 Å². The summed E-state index contributed by atoms with van der Waals surface area (Å²) in [5, 5.41) is 18.7. The summed E-state index contributed by atoms with van der Waals surface area (Å²) in [6.45, 7) is 6.82. The van der Waals surface area contributed by atoms with Crippen LogP contribution in [0.1, 0.15) is 49.8 Å². The predicted octanol–water partition coefficient (Wildman–Crippen LogP) is 2.50. The second-order valence-electron chi connectivity index (χ2n) is 8.39. The van der Waals surface area contributed by atoms with Crippen molar-refractivity contribution < 1.29 is 24.2 Å². The summed E-state index contributed by atoms with van der Waals surface area (Å²) >= 11 is 6.36. The molecule has 0 atom stereocenters. The number of hydrogen-bond acceptors (Lipinski definition) is 9. The molecule has 0 aliphatic carbocycles. The summed E-state index contributed by atoms with van der Waals surface area (Å²) in [4.78, 5) is 52.9. The van der Waals surface area contributed by atoms with Crippen molar-refractivity contribution in [3.8, 4) is 6.07 Å². The second kappa shape index (κ2) is 11.7. The van der Waals surface area contributed by atoms with Crippen LogP contribution in [0.2, 0.25) is 0 Å². The lowest BCUT2D eigenvalue weighted by atomic mass is 9.95. The molecule has 2 aliphatic heterocycles. The molecule has 36 heavy (non-hydrogen) atoms. The number of esters is 1. The molecule has 2 saturated heterocycles. The van der Waals surface area contributed by atoms with Crippen molar-refractivity contribution in [1.82, 2.24) is 9.47 Å². The van der Waals surface area contributed by atoms with E-state index in [-0.39, 0.29) is 34.7 Å². The van der Waals surface area contributed by atoms with Crippen LogP contribution in [0.15, 0.2) is 9.70 Å². The zero-order chi connectivity index (χ0) is 26.6. The van der Waals surface area contributed by atoms with E-state index in [1.165, 1.54) is 9.47 Å². The highest BCUT2D eigenvalue weighted by atomic mass is 32.2. The normalized spacial score (nSPS) is 17.6. The van der Waals surface area contributed by atoms with Gasteiger partial charge in [-0.25, -0.2) is 0 Å². The van der Waals surface area contributed by atoms with Gasteiger partial charge in [-0.3, -0.25) is 28.6 Å². The standard InChI is InChI=1S/C24H28N4O6S2/c1-4-27-20(26-9-6-15(7-10-26)23(33)34-5-2)16(14(3)17(13-25)21(27)31)12-18-22(32)28(24(35)36-18)11-8-19(29)30/h12,15H,4-11H2,1-3H3,(H,29,30). The predicted molar refractivity (Wildman–Crippen MR) is 140 cm³/mol. The van der Waals surface area contributed by atoms with E-state index < -0.39 is 17.4 Å². The summed E-state index contributed by atoms with van der Waals surface area (Å²) in [5.41, 5.74) is 0.590. The van der Waals surface area contributed by atoms with Gasteiger partial charge in [0.15, 0.2) is 0 Å². The van der Waals surface area contributed by atoms with Crippen molar-refractivity contribution in [3.63, 3.8) is 0 Å². The summed E-state index contributed by atoms with van der Waals surface area (Å²) in [6.07, 6.45) is 2.49. The summed E-state index contributed by atoms with van der Waals surface area (Å²) in [6, 6.07) is 2.00. The fourth-order valence-corrected chi connectivity index (χ4v) is 5.69. The Balaban J connectivity index is 2.06. The highest BCUT2D eigenvalue weighted by Crippen LogP contribution is 2.36. The number of carboxylic acid groups (broad SMARTS) is 1. The molecule has 10 nitrogen and oxygen atoms in total. The average molecular weight is 533 g/mol. The molecular formula is C24H28N4O6S2. The molecule has 0 spiro atoms. The van der Waals surface area contributed by atoms with Crippen LogP contribution in [-0.4, -0.2) is 63.0 Å². The largest absolute Gasteiger partial charge is 0.481 e. The molecular weight excluding hydrogens is 504 g/mol. The van der Waals surface area contributed by atoms with Gasteiger partial charge in [0.05, 0.1) is 23.9 Å². The Hall–Kier alpha value is -3.17. The number of aromatic nitrogens is 1. The Morgan fingerprint density at radius 2 is 1.94 bits per heavy atom. The smallest absolute Gasteiger partial charge is 0.309 e. The molecule has 192 valence electrons. The van der Waals surface area contributed by atoms with E-state index in [9.17, 15) is 24.4 Å². The number of aliphatic carboxylic acids is 1. The third-order valence-electron chi connectivity index (χ3n) is 6.28. The molecule has 0 saturated carbocycles. The van der Waals surface area contributed by atoms with Crippen LogP contribution in [-0.2, 0) is 25.7 Å². The maximum atomic E-state index is 13.1. The highest BCUT2D eigenvalue weighted by molar-refractivity contribution is 8.26. The number of carbonyl (C=O) groups is 3. The van der Waals surface area contributed by atoms with Gasteiger partial charge in [-0.2, -0.15) is 5.26 Å². The van der Waals surface area contributed by atoms with E-state index in [1.54, 1.807) is 19.9 Å². The summed E-state index contributed by atoms with van der Waals surface area (Å²) in [5.74, 6) is -1.32. The van der Waals surface area contributed by atoms with Crippen LogP contribution < -0.4 is 10.5 Å². The zero-order valence-electron chi connectivity index (χ0n) is 20.4. The number of carboxylic acids is 1. The number of nitrogens with zero attached hydrogens (tertiary/aromatic N) is 4. The van der Waals surface area contributed by atoms with Gasteiger partial charge in [0.25, 0.3) is 11.5 Å². The zero-order valence-corrected chi connectivity index (χ0v) is 22.0. The van der Waals surface area contributed by atoms with Crippen LogP contribution in [0.25, 0.3) is 6.08 Å². The topological polar surface area (TPSA) is 133 Å². The fourth-order valence-electron chi connectivity index (χ4n) is 4.40. The van der Waals surface area contributed by atoms with Crippen molar-refractivity contribution in [2.24, 2.45) is 5.92 Å². The van der Waals surface area contributed by atoms with Crippen LogP contribution in [0.4, 0.5) is 5.82 Å². The van der Waals surface area contributed by atoms with Gasteiger partial charge >= 0.3 is 11.9 Å². The van der Waals surface area contributed by atoms with Crippen molar-refractivity contribution in [2.45, 2.75) is 46.6 Å². The lowest BCUT2D eigenvalue weighted by Crippen LogP contribution is -2.41. The van der Waals surface area contributed by atoms with Crippen LogP contribution >= 0.6 is 24.0 Å². The lowest BCUT2D eigenvalue weighted by Gasteiger charge is -2.35. The monoisotopic (exact) mass is 532 g/mol. The molecule has 1 aromatic heterocycles. The SMILES string of the molecule is CCOC(=O)C1CCN(c2c(C=C3SC(=S)N(CCC(=O)O)C3=O)c(C)c(C#N)c(=O)n2CC)CC1. The number of anilines is 1. The number of pyridine rings is 1. The second-order valence-corrected chi connectivity index (χ2v) is 10.1. The number of nitriles is 1. The number of carbonyl (C=O) groups excluding carboxylic acids is 2. The van der Waals surface area contributed by atoms with E-state index in [4.69, 9.17) is 22.1 Å². The van der Waals surface area contributed by atoms with Gasteiger partial charge < -0.3 is 14.7 Å². The molecule has 1 aromatic rings. The van der Waals surface area contributed by atoms with E-state index >= 15 is 0 Å². The van der Waals surface area contributed by atoms with Gasteiger partial charge in [-0.05, 0) is 45.3 Å².